The highest BCUT2D eigenvalue weighted by Crippen LogP contribution is 2.35. The Bertz CT molecular complexity index is 1210. The molecule has 7 heteroatoms. The smallest absolute Gasteiger partial charge is 0.216 e. The van der Waals surface area contributed by atoms with E-state index in [0.29, 0.717) is 10.6 Å². The van der Waals surface area contributed by atoms with Gasteiger partial charge in [-0.15, -0.1) is 0 Å². The minimum absolute atomic E-state index is 0.0798. The molecule has 0 unspecified atom stereocenters. The second-order valence-electron chi connectivity index (χ2n) is 6.76. The van der Waals surface area contributed by atoms with Crippen molar-refractivity contribution in [1.82, 2.24) is 14.9 Å². The van der Waals surface area contributed by atoms with E-state index < -0.39 is 0 Å². The fourth-order valence-corrected chi connectivity index (χ4v) is 4.28. The van der Waals surface area contributed by atoms with Crippen molar-refractivity contribution in [2.75, 3.05) is 6.61 Å². The minimum atomic E-state index is -0.0798. The normalized spacial score (nSPS) is 17.2. The number of hydrogen-bond donors (Lipinski definition) is 1. The van der Waals surface area contributed by atoms with Crippen molar-refractivity contribution in [3.63, 3.8) is 0 Å². The van der Waals surface area contributed by atoms with Crippen molar-refractivity contribution < 1.29 is 4.74 Å². The van der Waals surface area contributed by atoms with Crippen LogP contribution in [-0.2, 0) is 4.74 Å². The second-order valence-corrected chi connectivity index (χ2v) is 7.53. The van der Waals surface area contributed by atoms with Crippen LogP contribution >= 0.6 is 23.8 Å². The molecule has 0 radical (unpaired) electrons. The summed E-state index contributed by atoms with van der Waals surface area (Å²) in [5.41, 5.74) is 0.997. The molecule has 2 heterocycles. The lowest BCUT2D eigenvalue weighted by Gasteiger charge is -2.11. The average Bonchev–Trinajstić information content (AvgIpc) is 3.38. The third-order valence-electron chi connectivity index (χ3n) is 5.10. The van der Waals surface area contributed by atoms with Gasteiger partial charge < -0.3 is 4.74 Å². The maximum absolute atomic E-state index is 6.68. The SMILES string of the molecule is S=c1[nH]nc([C@H]2CCCO2)n1/N=C\c1c2ccccc2c(Cl)c2ccccc12. The zero-order valence-electron chi connectivity index (χ0n) is 14.9. The molecule has 0 aliphatic carbocycles. The zero-order valence-corrected chi connectivity index (χ0v) is 16.5. The van der Waals surface area contributed by atoms with Crippen molar-refractivity contribution in [1.29, 1.82) is 0 Å². The van der Waals surface area contributed by atoms with Crippen LogP contribution in [0, 0.1) is 4.77 Å². The summed E-state index contributed by atoms with van der Waals surface area (Å²) in [6.45, 7) is 0.737. The predicted octanol–water partition coefficient (Wildman–Crippen LogP) is 5.63. The molecule has 1 fully saturated rings. The number of aromatic nitrogens is 3. The summed E-state index contributed by atoms with van der Waals surface area (Å²) in [7, 11) is 0. The van der Waals surface area contributed by atoms with Crippen molar-refractivity contribution in [3.8, 4) is 0 Å². The largest absolute Gasteiger partial charge is 0.370 e. The molecule has 5 nitrogen and oxygen atoms in total. The zero-order chi connectivity index (χ0) is 19.1. The van der Waals surface area contributed by atoms with E-state index in [-0.39, 0.29) is 6.10 Å². The van der Waals surface area contributed by atoms with Crippen molar-refractivity contribution in [2.45, 2.75) is 18.9 Å². The first-order chi connectivity index (χ1) is 13.7. The Morgan fingerprint density at radius 2 is 1.75 bits per heavy atom. The van der Waals surface area contributed by atoms with E-state index in [9.17, 15) is 0 Å². The molecule has 0 spiro atoms. The molecule has 1 aromatic heterocycles. The summed E-state index contributed by atoms with van der Waals surface area (Å²) in [4.78, 5) is 0. The van der Waals surface area contributed by atoms with Crippen LogP contribution in [0.4, 0.5) is 0 Å². The maximum atomic E-state index is 6.68. The maximum Gasteiger partial charge on any atom is 0.216 e. The van der Waals surface area contributed by atoms with Crippen LogP contribution in [0.15, 0.2) is 53.6 Å². The third-order valence-corrected chi connectivity index (χ3v) is 5.77. The molecule has 4 aromatic rings. The van der Waals surface area contributed by atoms with Crippen LogP contribution in [0.1, 0.15) is 30.3 Å². The lowest BCUT2D eigenvalue weighted by atomic mass is 9.97. The van der Waals surface area contributed by atoms with Crippen LogP contribution in [-0.4, -0.2) is 27.7 Å². The Labute approximate surface area is 171 Å². The van der Waals surface area contributed by atoms with Crippen LogP contribution < -0.4 is 0 Å². The van der Waals surface area contributed by atoms with Crippen molar-refractivity contribution >= 4 is 51.6 Å². The van der Waals surface area contributed by atoms with Gasteiger partial charge in [-0.25, -0.2) is 0 Å². The fourth-order valence-electron chi connectivity index (χ4n) is 3.77. The van der Waals surface area contributed by atoms with E-state index in [0.717, 1.165) is 51.6 Å². The van der Waals surface area contributed by atoms with Gasteiger partial charge in [0, 0.05) is 22.9 Å². The Kier molecular flexibility index (Phi) is 4.47. The Hall–Kier alpha value is -2.54. The number of ether oxygens (including phenoxy) is 1. The molecular weight excluding hydrogens is 392 g/mol. The highest BCUT2D eigenvalue weighted by molar-refractivity contribution is 7.71. The summed E-state index contributed by atoms with van der Waals surface area (Å²) in [6, 6.07) is 16.2. The van der Waals surface area contributed by atoms with Gasteiger partial charge in [0.05, 0.1) is 11.2 Å². The number of nitrogens with one attached hydrogen (secondary N) is 1. The monoisotopic (exact) mass is 408 g/mol. The molecule has 1 aliphatic rings. The van der Waals surface area contributed by atoms with Gasteiger partial charge in [-0.1, -0.05) is 60.1 Å². The van der Waals surface area contributed by atoms with Gasteiger partial charge in [-0.2, -0.15) is 14.9 Å². The lowest BCUT2D eigenvalue weighted by molar-refractivity contribution is 0.102. The summed E-state index contributed by atoms with van der Waals surface area (Å²) < 4.78 is 7.86. The average molecular weight is 409 g/mol. The fraction of sp³-hybridized carbons (Fsp3) is 0.190. The number of halogens is 1. The minimum Gasteiger partial charge on any atom is -0.370 e. The van der Waals surface area contributed by atoms with Crippen LogP contribution in [0.3, 0.4) is 0 Å². The number of H-pyrrole nitrogens is 1. The predicted molar refractivity (Wildman–Crippen MR) is 115 cm³/mol. The number of fused-ring (bicyclic) bond motifs is 2. The standard InChI is InChI=1S/C21H17ClN4OS/c22-19-15-8-3-1-6-13(15)17(14-7-2-4-9-16(14)19)12-23-26-20(24-25-21(26)28)18-10-5-11-27-18/h1-4,6-9,12,18H,5,10-11H2,(H,25,28)/b23-12-/t18-/m1/s1. The van der Waals surface area contributed by atoms with E-state index in [1.54, 1.807) is 4.68 Å². The molecule has 1 N–H and O–H groups in total. The summed E-state index contributed by atoms with van der Waals surface area (Å²) >= 11 is 12.1. The van der Waals surface area contributed by atoms with Crippen LogP contribution in [0.2, 0.25) is 5.02 Å². The van der Waals surface area contributed by atoms with Crippen molar-refractivity contribution in [3.05, 3.63) is 69.7 Å². The molecule has 1 aliphatic heterocycles. The lowest BCUT2D eigenvalue weighted by Crippen LogP contribution is -2.05. The number of rotatable bonds is 3. The summed E-state index contributed by atoms with van der Waals surface area (Å²) in [5.74, 6) is 0.710. The van der Waals surface area contributed by atoms with Gasteiger partial charge in [0.15, 0.2) is 5.82 Å². The molecule has 1 saturated heterocycles. The van der Waals surface area contributed by atoms with Gasteiger partial charge in [0.25, 0.3) is 0 Å². The first-order valence-electron chi connectivity index (χ1n) is 9.16. The first-order valence-corrected chi connectivity index (χ1v) is 9.95. The van der Waals surface area contributed by atoms with E-state index in [1.165, 1.54) is 0 Å². The van der Waals surface area contributed by atoms with Crippen molar-refractivity contribution in [2.24, 2.45) is 5.10 Å². The second kappa shape index (κ2) is 7.13. The Balaban J connectivity index is 1.71. The van der Waals surface area contributed by atoms with Gasteiger partial charge in [-0.05, 0) is 35.8 Å². The summed E-state index contributed by atoms with van der Waals surface area (Å²) in [6.07, 6.45) is 3.69. The molecule has 0 bridgehead atoms. The van der Waals surface area contributed by atoms with Gasteiger partial charge in [0.2, 0.25) is 4.77 Å². The Morgan fingerprint density at radius 3 is 2.36 bits per heavy atom. The van der Waals surface area contributed by atoms with E-state index in [4.69, 9.17) is 28.6 Å². The molecule has 3 aromatic carbocycles. The van der Waals surface area contributed by atoms with Gasteiger partial charge >= 0.3 is 0 Å². The molecule has 5 rings (SSSR count). The molecule has 28 heavy (non-hydrogen) atoms. The molecule has 0 saturated carbocycles. The Morgan fingerprint density at radius 1 is 1.11 bits per heavy atom. The van der Waals surface area contributed by atoms with Gasteiger partial charge in [-0.3, -0.25) is 5.10 Å². The first kappa shape index (κ1) is 17.6. The quantitative estimate of drug-likeness (QED) is 0.271. The number of benzene rings is 3. The van der Waals surface area contributed by atoms with Crippen LogP contribution in [0.25, 0.3) is 21.5 Å². The highest BCUT2D eigenvalue weighted by Gasteiger charge is 2.23. The van der Waals surface area contributed by atoms with E-state index in [2.05, 4.69) is 27.4 Å². The summed E-state index contributed by atoms with van der Waals surface area (Å²) in [5, 5.41) is 16.7. The third kappa shape index (κ3) is 2.85. The number of hydrogen-bond acceptors (Lipinski definition) is 4. The number of aromatic amines is 1. The molecule has 0 amide bonds. The highest BCUT2D eigenvalue weighted by atomic mass is 35.5. The van der Waals surface area contributed by atoms with Crippen LogP contribution in [0.5, 0.6) is 0 Å². The van der Waals surface area contributed by atoms with Gasteiger partial charge in [0.1, 0.15) is 6.10 Å². The molecule has 140 valence electrons. The molecule has 1 atom stereocenters. The van der Waals surface area contributed by atoms with E-state index in [1.807, 2.05) is 42.6 Å². The molecular formula is C21H17ClN4OS. The number of nitrogens with zero attached hydrogens (tertiary/aromatic N) is 3. The topological polar surface area (TPSA) is 55.2 Å². The van der Waals surface area contributed by atoms with E-state index >= 15 is 0 Å².